The zero-order valence-corrected chi connectivity index (χ0v) is 14.6. The molecule has 2 aromatic carbocycles. The Kier molecular flexibility index (Phi) is 5.08. The second kappa shape index (κ2) is 7.23. The molecule has 1 saturated heterocycles. The molecular weight excluding hydrogens is 358 g/mol. The first-order valence-corrected chi connectivity index (χ1v) is 8.40. The standard InChI is InChI=1S/C18H20BrNO3/c1-21-14-4-2-12(3-5-14)8-13-9-16(19)18(10-17(13)20)23-15-6-7-22-11-15/h2-5,9-10,15H,6-8,11,20H2,1H3/t15-/m1/s1. The number of ether oxygens (including phenoxy) is 3. The number of rotatable bonds is 5. The molecule has 0 amide bonds. The van der Waals surface area contributed by atoms with E-state index in [9.17, 15) is 0 Å². The maximum Gasteiger partial charge on any atom is 0.136 e. The number of nitrogens with two attached hydrogens (primary N) is 1. The third-order valence-corrected chi connectivity index (χ3v) is 4.55. The summed E-state index contributed by atoms with van der Waals surface area (Å²) in [7, 11) is 1.66. The number of methoxy groups -OCH3 is 1. The number of hydrogen-bond donors (Lipinski definition) is 1. The lowest BCUT2D eigenvalue weighted by molar-refractivity contribution is 0.141. The van der Waals surface area contributed by atoms with Gasteiger partial charge in [0.1, 0.15) is 17.6 Å². The lowest BCUT2D eigenvalue weighted by Gasteiger charge is -2.16. The summed E-state index contributed by atoms with van der Waals surface area (Å²) in [6.45, 7) is 1.40. The molecule has 3 rings (SSSR count). The fourth-order valence-electron chi connectivity index (χ4n) is 2.60. The summed E-state index contributed by atoms with van der Waals surface area (Å²) in [5.74, 6) is 1.63. The molecule has 122 valence electrons. The fraction of sp³-hybridized carbons (Fsp3) is 0.333. The van der Waals surface area contributed by atoms with E-state index in [1.807, 2.05) is 36.4 Å². The molecule has 1 atom stereocenters. The number of anilines is 1. The highest BCUT2D eigenvalue weighted by Crippen LogP contribution is 2.33. The van der Waals surface area contributed by atoms with Crippen LogP contribution in [0.25, 0.3) is 0 Å². The Morgan fingerprint density at radius 2 is 2.04 bits per heavy atom. The topological polar surface area (TPSA) is 53.7 Å². The monoisotopic (exact) mass is 377 g/mol. The van der Waals surface area contributed by atoms with E-state index in [1.54, 1.807) is 7.11 Å². The molecule has 1 aliphatic heterocycles. The molecule has 23 heavy (non-hydrogen) atoms. The summed E-state index contributed by atoms with van der Waals surface area (Å²) in [5, 5.41) is 0. The first kappa shape index (κ1) is 16.1. The van der Waals surface area contributed by atoms with Crippen LogP contribution in [0.1, 0.15) is 17.5 Å². The molecule has 1 heterocycles. The summed E-state index contributed by atoms with van der Waals surface area (Å²) >= 11 is 3.58. The van der Waals surface area contributed by atoms with Gasteiger partial charge >= 0.3 is 0 Å². The number of nitrogen functional groups attached to an aromatic ring is 1. The van der Waals surface area contributed by atoms with Crippen molar-refractivity contribution >= 4 is 21.6 Å². The van der Waals surface area contributed by atoms with Crippen LogP contribution in [0.4, 0.5) is 5.69 Å². The molecule has 2 aromatic rings. The largest absolute Gasteiger partial charge is 0.497 e. The van der Waals surface area contributed by atoms with Gasteiger partial charge in [0.15, 0.2) is 0 Å². The highest BCUT2D eigenvalue weighted by molar-refractivity contribution is 9.10. The fourth-order valence-corrected chi connectivity index (χ4v) is 3.09. The molecule has 0 spiro atoms. The van der Waals surface area contributed by atoms with Crippen LogP contribution in [-0.2, 0) is 11.2 Å². The van der Waals surface area contributed by atoms with E-state index in [2.05, 4.69) is 15.9 Å². The Hall–Kier alpha value is -1.72. The van der Waals surface area contributed by atoms with Gasteiger partial charge in [-0.15, -0.1) is 0 Å². The van der Waals surface area contributed by atoms with Crippen LogP contribution < -0.4 is 15.2 Å². The van der Waals surface area contributed by atoms with E-state index in [-0.39, 0.29) is 6.10 Å². The van der Waals surface area contributed by atoms with Gasteiger partial charge in [0.25, 0.3) is 0 Å². The predicted octanol–water partition coefficient (Wildman–Crippen LogP) is 3.80. The minimum atomic E-state index is 0.109. The Morgan fingerprint density at radius 1 is 1.26 bits per heavy atom. The van der Waals surface area contributed by atoms with Gasteiger partial charge in [0.2, 0.25) is 0 Å². The summed E-state index contributed by atoms with van der Waals surface area (Å²) in [4.78, 5) is 0. The molecular formula is C18H20BrNO3. The van der Waals surface area contributed by atoms with Crippen LogP contribution >= 0.6 is 15.9 Å². The predicted molar refractivity (Wildman–Crippen MR) is 94.2 cm³/mol. The van der Waals surface area contributed by atoms with Crippen molar-refractivity contribution in [3.05, 3.63) is 52.0 Å². The number of halogens is 1. The zero-order chi connectivity index (χ0) is 16.2. The first-order chi connectivity index (χ1) is 11.2. The Labute approximate surface area is 144 Å². The van der Waals surface area contributed by atoms with Gasteiger partial charge in [-0.2, -0.15) is 0 Å². The Bertz CT molecular complexity index is 667. The molecule has 1 aliphatic rings. The van der Waals surface area contributed by atoms with E-state index < -0.39 is 0 Å². The summed E-state index contributed by atoms with van der Waals surface area (Å²) in [6.07, 6.45) is 1.79. The van der Waals surface area contributed by atoms with Crippen molar-refractivity contribution in [2.24, 2.45) is 0 Å². The normalized spacial score (nSPS) is 17.2. The molecule has 5 heteroatoms. The van der Waals surface area contributed by atoms with E-state index in [0.29, 0.717) is 6.61 Å². The molecule has 0 unspecified atom stereocenters. The minimum Gasteiger partial charge on any atom is -0.497 e. The maximum absolute atomic E-state index is 6.21. The van der Waals surface area contributed by atoms with Crippen LogP contribution in [0.3, 0.4) is 0 Å². The molecule has 1 fully saturated rings. The highest BCUT2D eigenvalue weighted by Gasteiger charge is 2.19. The highest BCUT2D eigenvalue weighted by atomic mass is 79.9. The van der Waals surface area contributed by atoms with Crippen LogP contribution in [0, 0.1) is 0 Å². The molecule has 0 radical (unpaired) electrons. The molecule has 0 saturated carbocycles. The summed E-state index contributed by atoms with van der Waals surface area (Å²) < 4.78 is 17.4. The van der Waals surface area contributed by atoms with Crippen molar-refractivity contribution in [2.75, 3.05) is 26.1 Å². The number of hydrogen-bond acceptors (Lipinski definition) is 4. The smallest absolute Gasteiger partial charge is 0.136 e. The lowest BCUT2D eigenvalue weighted by atomic mass is 10.0. The van der Waals surface area contributed by atoms with Crippen molar-refractivity contribution in [2.45, 2.75) is 18.9 Å². The van der Waals surface area contributed by atoms with Crippen LogP contribution in [0.15, 0.2) is 40.9 Å². The van der Waals surface area contributed by atoms with E-state index in [1.165, 1.54) is 5.56 Å². The van der Waals surface area contributed by atoms with E-state index in [4.69, 9.17) is 19.9 Å². The Balaban J connectivity index is 1.75. The lowest BCUT2D eigenvalue weighted by Crippen LogP contribution is -2.16. The third kappa shape index (κ3) is 3.98. The van der Waals surface area contributed by atoms with Gasteiger partial charge in [0, 0.05) is 18.2 Å². The van der Waals surface area contributed by atoms with Crippen molar-refractivity contribution in [1.82, 2.24) is 0 Å². The van der Waals surface area contributed by atoms with Gasteiger partial charge in [-0.25, -0.2) is 0 Å². The van der Waals surface area contributed by atoms with Crippen molar-refractivity contribution in [3.63, 3.8) is 0 Å². The number of benzene rings is 2. The van der Waals surface area contributed by atoms with Crippen LogP contribution in [0.2, 0.25) is 0 Å². The average molecular weight is 378 g/mol. The molecule has 0 aliphatic carbocycles. The minimum absolute atomic E-state index is 0.109. The third-order valence-electron chi connectivity index (χ3n) is 3.93. The first-order valence-electron chi connectivity index (χ1n) is 7.61. The second-order valence-electron chi connectivity index (χ2n) is 5.61. The average Bonchev–Trinajstić information content (AvgIpc) is 3.06. The molecule has 0 bridgehead atoms. The summed E-state index contributed by atoms with van der Waals surface area (Å²) in [6, 6.07) is 11.9. The van der Waals surface area contributed by atoms with E-state index >= 15 is 0 Å². The van der Waals surface area contributed by atoms with Crippen molar-refractivity contribution < 1.29 is 14.2 Å². The second-order valence-corrected chi connectivity index (χ2v) is 6.46. The van der Waals surface area contributed by atoms with Crippen molar-refractivity contribution in [1.29, 1.82) is 0 Å². The van der Waals surface area contributed by atoms with Crippen molar-refractivity contribution in [3.8, 4) is 11.5 Å². The Morgan fingerprint density at radius 3 is 2.70 bits per heavy atom. The van der Waals surface area contributed by atoms with Gasteiger partial charge in [-0.1, -0.05) is 12.1 Å². The van der Waals surface area contributed by atoms with Gasteiger partial charge in [-0.3, -0.25) is 0 Å². The quantitative estimate of drug-likeness (QED) is 0.805. The van der Waals surface area contributed by atoms with Crippen LogP contribution in [0.5, 0.6) is 11.5 Å². The summed E-state index contributed by atoms with van der Waals surface area (Å²) in [5.41, 5.74) is 9.20. The van der Waals surface area contributed by atoms with Gasteiger partial charge < -0.3 is 19.9 Å². The van der Waals surface area contributed by atoms with Crippen LogP contribution in [-0.4, -0.2) is 26.4 Å². The molecule has 4 nitrogen and oxygen atoms in total. The molecule has 0 aromatic heterocycles. The maximum atomic E-state index is 6.21. The zero-order valence-electron chi connectivity index (χ0n) is 13.0. The van der Waals surface area contributed by atoms with Gasteiger partial charge in [0.05, 0.1) is 24.8 Å². The van der Waals surface area contributed by atoms with E-state index in [0.717, 1.165) is 46.7 Å². The van der Waals surface area contributed by atoms with Gasteiger partial charge in [-0.05, 0) is 51.7 Å². The molecule has 2 N–H and O–H groups in total. The SMILES string of the molecule is COc1ccc(Cc2cc(Br)c(O[C@@H]3CCOC3)cc2N)cc1.